The van der Waals surface area contributed by atoms with Crippen molar-refractivity contribution in [2.75, 3.05) is 6.54 Å². The molecule has 0 N–H and O–H groups in total. The number of alkyl halides is 3. The van der Waals surface area contributed by atoms with Crippen LogP contribution in [-0.2, 0) is 24.1 Å². The van der Waals surface area contributed by atoms with Crippen LogP contribution in [0.1, 0.15) is 27.6 Å². The summed E-state index contributed by atoms with van der Waals surface area (Å²) in [6, 6.07) is 10.4. The van der Waals surface area contributed by atoms with Crippen molar-refractivity contribution in [3.05, 3.63) is 75.2 Å². The van der Waals surface area contributed by atoms with Gasteiger partial charge in [0, 0.05) is 29.1 Å². The Kier molecular flexibility index (Phi) is 5.84. The molecule has 5 nitrogen and oxygen atoms in total. The van der Waals surface area contributed by atoms with E-state index >= 15 is 0 Å². The van der Waals surface area contributed by atoms with Crippen LogP contribution < -0.4 is 0 Å². The highest BCUT2D eigenvalue weighted by molar-refractivity contribution is 7.16. The van der Waals surface area contributed by atoms with Crippen molar-refractivity contribution < 1.29 is 18.0 Å². The number of fused-ring (bicyclic) bond motifs is 1. The summed E-state index contributed by atoms with van der Waals surface area (Å²) < 4.78 is 42.9. The molecule has 4 rings (SSSR count). The normalized spacial score (nSPS) is 15.8. The zero-order valence-electron chi connectivity index (χ0n) is 16.6. The molecule has 0 spiro atoms. The van der Waals surface area contributed by atoms with Crippen LogP contribution in [0.5, 0.6) is 0 Å². The molecule has 1 amide bonds. The maximum Gasteiger partial charge on any atom is 0.435 e. The largest absolute Gasteiger partial charge is 0.435 e. The first kappa shape index (κ1) is 22.1. The molecule has 3 heterocycles. The summed E-state index contributed by atoms with van der Waals surface area (Å²) in [7, 11) is 0. The number of hydrogen-bond acceptors (Lipinski definition) is 4. The maximum atomic E-state index is 13.8. The fraction of sp³-hybridized carbons (Fsp3) is 0.227. The van der Waals surface area contributed by atoms with E-state index in [1.54, 1.807) is 29.2 Å². The Labute approximate surface area is 190 Å². The van der Waals surface area contributed by atoms with E-state index in [0.717, 1.165) is 15.1 Å². The lowest BCUT2D eigenvalue weighted by Crippen LogP contribution is -2.37. The Morgan fingerprint density at radius 2 is 2.09 bits per heavy atom. The second-order valence-electron chi connectivity index (χ2n) is 7.24. The van der Waals surface area contributed by atoms with Gasteiger partial charge >= 0.3 is 6.18 Å². The lowest BCUT2D eigenvalue weighted by atomic mass is 9.84. The minimum Gasteiger partial charge on any atom is -0.333 e. The molecule has 1 aromatic carbocycles. The molecule has 0 saturated carbocycles. The SMILES string of the molecule is C=CC(=O)N1Cc2sc(Cl)cc2[C@H](c2ccccc2-c2cn(CC#N)nc2C(F)(F)F)C1. The summed E-state index contributed by atoms with van der Waals surface area (Å²) in [6.45, 7) is 3.88. The van der Waals surface area contributed by atoms with E-state index in [4.69, 9.17) is 16.9 Å². The highest BCUT2D eigenvalue weighted by atomic mass is 35.5. The van der Waals surface area contributed by atoms with Crippen molar-refractivity contribution in [2.45, 2.75) is 25.2 Å². The Morgan fingerprint density at radius 3 is 2.78 bits per heavy atom. The molecule has 0 radical (unpaired) electrons. The molecule has 0 bridgehead atoms. The molecule has 1 aliphatic rings. The van der Waals surface area contributed by atoms with Gasteiger partial charge in [-0.05, 0) is 28.8 Å². The summed E-state index contributed by atoms with van der Waals surface area (Å²) in [5.41, 5.74) is 0.678. The van der Waals surface area contributed by atoms with Crippen molar-refractivity contribution in [3.63, 3.8) is 0 Å². The van der Waals surface area contributed by atoms with Gasteiger partial charge in [0.05, 0.1) is 17.0 Å². The highest BCUT2D eigenvalue weighted by Gasteiger charge is 2.39. The van der Waals surface area contributed by atoms with Crippen LogP contribution in [0.25, 0.3) is 11.1 Å². The van der Waals surface area contributed by atoms with Gasteiger partial charge in [0.15, 0.2) is 5.69 Å². The number of nitrogens with zero attached hydrogens (tertiary/aromatic N) is 4. The number of benzene rings is 1. The molecule has 0 saturated heterocycles. The number of carbonyl (C=O) groups is 1. The van der Waals surface area contributed by atoms with Gasteiger partial charge in [-0.1, -0.05) is 42.4 Å². The summed E-state index contributed by atoms with van der Waals surface area (Å²) in [6.07, 6.45) is -2.24. The number of rotatable bonds is 4. The van der Waals surface area contributed by atoms with Crippen molar-refractivity contribution in [2.24, 2.45) is 0 Å². The first-order chi connectivity index (χ1) is 15.2. The number of thiophene rings is 1. The molecular formula is C22H16ClF3N4OS. The summed E-state index contributed by atoms with van der Waals surface area (Å²) >= 11 is 7.59. The summed E-state index contributed by atoms with van der Waals surface area (Å²) in [5.74, 6) is -0.650. The van der Waals surface area contributed by atoms with E-state index in [9.17, 15) is 18.0 Å². The number of nitriles is 1. The molecule has 2 aromatic heterocycles. The van der Waals surface area contributed by atoms with Crippen LogP contribution in [0.3, 0.4) is 0 Å². The number of carbonyl (C=O) groups excluding carboxylic acids is 1. The van der Waals surface area contributed by atoms with Gasteiger partial charge in [-0.25, -0.2) is 0 Å². The van der Waals surface area contributed by atoms with E-state index in [2.05, 4.69) is 11.7 Å². The average molecular weight is 477 g/mol. The molecule has 32 heavy (non-hydrogen) atoms. The lowest BCUT2D eigenvalue weighted by Gasteiger charge is -2.33. The van der Waals surface area contributed by atoms with Gasteiger partial charge in [0.25, 0.3) is 0 Å². The molecule has 1 atom stereocenters. The highest BCUT2D eigenvalue weighted by Crippen LogP contribution is 2.44. The van der Waals surface area contributed by atoms with E-state index in [1.807, 2.05) is 12.1 Å². The van der Waals surface area contributed by atoms with Gasteiger partial charge < -0.3 is 4.90 Å². The van der Waals surface area contributed by atoms with Crippen molar-refractivity contribution in [1.82, 2.24) is 14.7 Å². The Morgan fingerprint density at radius 1 is 1.34 bits per heavy atom. The zero-order chi connectivity index (χ0) is 23.0. The van der Waals surface area contributed by atoms with Gasteiger partial charge in [-0.15, -0.1) is 11.3 Å². The van der Waals surface area contributed by atoms with Gasteiger partial charge in [-0.2, -0.15) is 23.5 Å². The third-order valence-corrected chi connectivity index (χ3v) is 6.56. The number of hydrogen-bond donors (Lipinski definition) is 0. The lowest BCUT2D eigenvalue weighted by molar-refractivity contribution is -0.141. The topological polar surface area (TPSA) is 61.9 Å². The van der Waals surface area contributed by atoms with Crippen molar-refractivity contribution in [3.8, 4) is 17.2 Å². The van der Waals surface area contributed by atoms with Crippen LogP contribution in [0.15, 0.2) is 49.2 Å². The summed E-state index contributed by atoms with van der Waals surface area (Å²) in [5, 5.41) is 12.5. The van der Waals surface area contributed by atoms with Crippen LogP contribution >= 0.6 is 22.9 Å². The predicted molar refractivity (Wildman–Crippen MR) is 115 cm³/mol. The average Bonchev–Trinajstić information content (AvgIpc) is 3.35. The third kappa shape index (κ3) is 4.04. The van der Waals surface area contributed by atoms with E-state index in [1.165, 1.54) is 23.6 Å². The Bertz CT molecular complexity index is 1240. The monoisotopic (exact) mass is 476 g/mol. The second kappa shape index (κ2) is 8.45. The van der Waals surface area contributed by atoms with E-state index in [-0.39, 0.29) is 30.5 Å². The summed E-state index contributed by atoms with van der Waals surface area (Å²) in [4.78, 5) is 14.8. The molecule has 1 aliphatic heterocycles. The van der Waals surface area contributed by atoms with Crippen LogP contribution in [-0.4, -0.2) is 27.1 Å². The first-order valence-electron chi connectivity index (χ1n) is 9.53. The van der Waals surface area contributed by atoms with Gasteiger partial charge in [0.2, 0.25) is 5.91 Å². The van der Waals surface area contributed by atoms with E-state index < -0.39 is 11.9 Å². The van der Waals surface area contributed by atoms with Crippen molar-refractivity contribution >= 4 is 28.8 Å². The molecular weight excluding hydrogens is 461 g/mol. The quantitative estimate of drug-likeness (QED) is 0.469. The van der Waals surface area contributed by atoms with Crippen molar-refractivity contribution in [1.29, 1.82) is 5.26 Å². The molecule has 0 aliphatic carbocycles. The molecule has 0 unspecified atom stereocenters. The fourth-order valence-corrected chi connectivity index (χ4v) is 5.33. The third-order valence-electron chi connectivity index (χ3n) is 5.30. The molecule has 0 fully saturated rings. The minimum atomic E-state index is -4.70. The Hall–Kier alpha value is -3.09. The second-order valence-corrected chi connectivity index (χ2v) is 9.00. The number of halogens is 4. The first-order valence-corrected chi connectivity index (χ1v) is 10.7. The molecule has 164 valence electrons. The predicted octanol–water partition coefficient (Wildman–Crippen LogP) is 5.47. The van der Waals surface area contributed by atoms with E-state index in [0.29, 0.717) is 22.0 Å². The van der Waals surface area contributed by atoms with Crippen LogP contribution in [0.4, 0.5) is 13.2 Å². The van der Waals surface area contributed by atoms with Gasteiger partial charge in [0.1, 0.15) is 6.54 Å². The van der Waals surface area contributed by atoms with Crippen LogP contribution in [0.2, 0.25) is 4.34 Å². The standard InChI is InChI=1S/C22H16ClF3N4OS/c1-2-20(31)29-10-16(15-9-19(23)32-18(15)12-29)13-5-3-4-6-14(13)17-11-30(8-7-27)28-21(17)22(24,25)26/h2-6,9,11,16H,1,8,10,12H2/t16-/m0/s1. The maximum absolute atomic E-state index is 13.8. The molecule has 10 heteroatoms. The van der Waals surface area contributed by atoms with Crippen LogP contribution in [0, 0.1) is 11.3 Å². The Balaban J connectivity index is 1.89. The smallest absolute Gasteiger partial charge is 0.333 e. The molecule has 3 aromatic rings. The number of amides is 1. The number of aromatic nitrogens is 2. The minimum absolute atomic E-state index is 0.113. The van der Waals surface area contributed by atoms with Gasteiger partial charge in [-0.3, -0.25) is 9.48 Å². The zero-order valence-corrected chi connectivity index (χ0v) is 18.1. The fourth-order valence-electron chi connectivity index (χ4n) is 3.97.